The number of aliphatic hydroxyl groups is 1. The van der Waals surface area contributed by atoms with E-state index >= 15 is 0 Å². The quantitative estimate of drug-likeness (QED) is 0.852. The molecule has 3 rings (SSSR count). The topological polar surface area (TPSA) is 74.7 Å². The summed E-state index contributed by atoms with van der Waals surface area (Å²) in [5.41, 5.74) is 0.296. The molecule has 0 spiro atoms. The Balaban J connectivity index is 1.95. The molecule has 120 valence electrons. The lowest BCUT2D eigenvalue weighted by atomic mass is 9.73. The van der Waals surface area contributed by atoms with Gasteiger partial charge in [-0.25, -0.2) is 0 Å². The first-order valence-electron chi connectivity index (χ1n) is 7.67. The Morgan fingerprint density at radius 1 is 1.09 bits per heavy atom. The van der Waals surface area contributed by atoms with Gasteiger partial charge in [-0.05, 0) is 17.5 Å². The molecule has 1 unspecified atom stereocenters. The molecule has 1 aliphatic carbocycles. The van der Waals surface area contributed by atoms with Crippen LogP contribution in [0.5, 0.6) is 0 Å². The number of ketones is 1. The molecule has 0 saturated carbocycles. The van der Waals surface area contributed by atoms with Crippen LogP contribution >= 0.6 is 0 Å². The molecular weight excluding hydrogens is 294 g/mol. The molecule has 0 bridgehead atoms. The Bertz CT molecular complexity index is 718. The van der Waals surface area contributed by atoms with Gasteiger partial charge >= 0.3 is 0 Å². The van der Waals surface area contributed by atoms with Crippen molar-refractivity contribution >= 4 is 23.3 Å². The number of imide groups is 1. The largest absolute Gasteiger partial charge is 0.512 e. The van der Waals surface area contributed by atoms with Gasteiger partial charge < -0.3 is 5.11 Å². The molecule has 1 aromatic carbocycles. The summed E-state index contributed by atoms with van der Waals surface area (Å²) in [6, 6.07) is 8.64. The van der Waals surface area contributed by atoms with Crippen molar-refractivity contribution in [3.63, 3.8) is 0 Å². The van der Waals surface area contributed by atoms with Crippen LogP contribution in [0.25, 0.3) is 0 Å². The Kier molecular flexibility index (Phi) is 3.59. The number of nitrogens with zero attached hydrogens (tertiary/aromatic N) is 1. The van der Waals surface area contributed by atoms with Crippen molar-refractivity contribution in [1.29, 1.82) is 0 Å². The SMILES string of the molecule is CC1(C)CC(=O)C(C2CC(=O)N(c3ccccc3)C2=O)=C(O)C1. The van der Waals surface area contributed by atoms with Crippen LogP contribution in [0.2, 0.25) is 0 Å². The average Bonchev–Trinajstić information content (AvgIpc) is 2.73. The Labute approximate surface area is 134 Å². The number of rotatable bonds is 2. The van der Waals surface area contributed by atoms with Crippen molar-refractivity contribution in [3.05, 3.63) is 41.7 Å². The number of amides is 2. The summed E-state index contributed by atoms with van der Waals surface area (Å²) < 4.78 is 0. The van der Waals surface area contributed by atoms with Gasteiger partial charge in [0.15, 0.2) is 5.78 Å². The lowest BCUT2D eigenvalue weighted by molar-refractivity contribution is -0.124. The third-order valence-corrected chi connectivity index (χ3v) is 4.41. The van der Waals surface area contributed by atoms with Crippen molar-refractivity contribution in [2.45, 2.75) is 33.1 Å². The highest BCUT2D eigenvalue weighted by Crippen LogP contribution is 2.41. The molecule has 5 nitrogen and oxygen atoms in total. The zero-order valence-electron chi connectivity index (χ0n) is 13.2. The predicted molar refractivity (Wildman–Crippen MR) is 84.7 cm³/mol. The first-order valence-corrected chi connectivity index (χ1v) is 7.67. The zero-order valence-corrected chi connectivity index (χ0v) is 13.2. The highest BCUT2D eigenvalue weighted by molar-refractivity contribution is 6.24. The fourth-order valence-corrected chi connectivity index (χ4v) is 3.40. The van der Waals surface area contributed by atoms with E-state index in [4.69, 9.17) is 0 Å². The maximum atomic E-state index is 12.7. The summed E-state index contributed by atoms with van der Waals surface area (Å²) in [4.78, 5) is 38.5. The van der Waals surface area contributed by atoms with Gasteiger partial charge in [-0.3, -0.25) is 19.3 Å². The molecule has 1 saturated heterocycles. The van der Waals surface area contributed by atoms with E-state index in [1.165, 1.54) is 0 Å². The van der Waals surface area contributed by atoms with Gasteiger partial charge in [0.2, 0.25) is 11.8 Å². The molecule has 23 heavy (non-hydrogen) atoms. The second kappa shape index (κ2) is 5.33. The van der Waals surface area contributed by atoms with Crippen LogP contribution in [0.4, 0.5) is 5.69 Å². The van der Waals surface area contributed by atoms with Crippen LogP contribution in [-0.4, -0.2) is 22.7 Å². The highest BCUT2D eigenvalue weighted by Gasteiger charge is 2.46. The summed E-state index contributed by atoms with van der Waals surface area (Å²) >= 11 is 0. The number of para-hydroxylation sites is 1. The van der Waals surface area contributed by atoms with Gasteiger partial charge in [0.1, 0.15) is 5.76 Å². The maximum absolute atomic E-state index is 12.7. The van der Waals surface area contributed by atoms with Gasteiger partial charge in [-0.1, -0.05) is 32.0 Å². The van der Waals surface area contributed by atoms with E-state index in [1.54, 1.807) is 30.3 Å². The average molecular weight is 313 g/mol. The van der Waals surface area contributed by atoms with Crippen LogP contribution in [0.3, 0.4) is 0 Å². The van der Waals surface area contributed by atoms with Gasteiger partial charge in [0, 0.05) is 24.8 Å². The molecule has 2 amide bonds. The molecular formula is C18H19NO4. The van der Waals surface area contributed by atoms with Crippen molar-refractivity contribution in [1.82, 2.24) is 0 Å². The molecule has 0 radical (unpaired) electrons. The van der Waals surface area contributed by atoms with Gasteiger partial charge in [-0.15, -0.1) is 0 Å². The van der Waals surface area contributed by atoms with Crippen molar-refractivity contribution in [3.8, 4) is 0 Å². The number of Topliss-reactive ketones (excluding diaryl/α,β-unsaturated/α-hetero) is 1. The Morgan fingerprint density at radius 2 is 1.74 bits per heavy atom. The monoisotopic (exact) mass is 313 g/mol. The lowest BCUT2D eigenvalue weighted by Crippen LogP contribution is -2.34. The number of hydrogen-bond acceptors (Lipinski definition) is 4. The number of anilines is 1. The molecule has 1 fully saturated rings. The van der Waals surface area contributed by atoms with Gasteiger partial charge in [0.05, 0.1) is 11.6 Å². The first kappa shape index (κ1) is 15.5. The number of hydrogen-bond donors (Lipinski definition) is 1. The van der Waals surface area contributed by atoms with E-state index in [-0.39, 0.29) is 41.3 Å². The maximum Gasteiger partial charge on any atom is 0.242 e. The predicted octanol–water partition coefficient (Wildman–Crippen LogP) is 2.77. The third-order valence-electron chi connectivity index (χ3n) is 4.41. The van der Waals surface area contributed by atoms with E-state index in [0.717, 1.165) is 4.90 Å². The van der Waals surface area contributed by atoms with Gasteiger partial charge in [-0.2, -0.15) is 0 Å². The second-order valence-electron chi connectivity index (χ2n) is 6.96. The van der Waals surface area contributed by atoms with Crippen LogP contribution in [-0.2, 0) is 14.4 Å². The molecule has 1 aliphatic heterocycles. The van der Waals surface area contributed by atoms with Gasteiger partial charge in [0.25, 0.3) is 0 Å². The summed E-state index contributed by atoms with van der Waals surface area (Å²) in [6.45, 7) is 3.80. The number of carbonyl (C=O) groups is 3. The van der Waals surface area contributed by atoms with Crippen LogP contribution < -0.4 is 4.90 Å². The smallest absolute Gasteiger partial charge is 0.242 e. The minimum absolute atomic E-state index is 0.0488. The summed E-state index contributed by atoms with van der Waals surface area (Å²) in [5.74, 6) is -1.93. The second-order valence-corrected chi connectivity index (χ2v) is 6.96. The highest BCUT2D eigenvalue weighted by atomic mass is 16.3. The number of benzene rings is 1. The van der Waals surface area contributed by atoms with Crippen LogP contribution in [0.1, 0.15) is 33.1 Å². The standard InChI is InChI=1S/C18H19NO4/c1-18(2)9-13(20)16(14(21)10-18)12-8-15(22)19(17(12)23)11-6-4-3-5-7-11/h3-7,12,20H,8-10H2,1-2H3. The molecule has 1 N–H and O–H groups in total. The van der Waals surface area contributed by atoms with Crippen molar-refractivity contribution in [2.75, 3.05) is 4.90 Å². The van der Waals surface area contributed by atoms with Crippen molar-refractivity contribution in [2.24, 2.45) is 11.3 Å². The molecule has 0 aromatic heterocycles. The summed E-state index contributed by atoms with van der Waals surface area (Å²) in [5, 5.41) is 10.3. The van der Waals surface area contributed by atoms with E-state index in [2.05, 4.69) is 0 Å². The van der Waals surface area contributed by atoms with Crippen LogP contribution in [0.15, 0.2) is 41.7 Å². The Morgan fingerprint density at radius 3 is 2.35 bits per heavy atom. The first-order chi connectivity index (χ1) is 10.8. The summed E-state index contributed by atoms with van der Waals surface area (Å²) in [6.07, 6.45) is 0.548. The molecule has 5 heteroatoms. The van der Waals surface area contributed by atoms with Crippen molar-refractivity contribution < 1.29 is 19.5 Å². The molecule has 1 heterocycles. The van der Waals surface area contributed by atoms with E-state index in [9.17, 15) is 19.5 Å². The van der Waals surface area contributed by atoms with E-state index in [1.807, 2.05) is 13.8 Å². The fraction of sp³-hybridized carbons (Fsp3) is 0.389. The Hall–Kier alpha value is -2.43. The minimum Gasteiger partial charge on any atom is -0.512 e. The zero-order chi connectivity index (χ0) is 16.8. The number of allylic oxidation sites excluding steroid dienone is 1. The minimum atomic E-state index is -0.869. The summed E-state index contributed by atoms with van der Waals surface area (Å²) in [7, 11) is 0. The third kappa shape index (κ3) is 2.67. The van der Waals surface area contributed by atoms with E-state index < -0.39 is 11.8 Å². The number of aliphatic hydroxyl groups excluding tert-OH is 1. The molecule has 2 aliphatic rings. The van der Waals surface area contributed by atoms with E-state index in [0.29, 0.717) is 12.1 Å². The molecule has 1 aromatic rings. The number of carbonyl (C=O) groups excluding carboxylic acids is 3. The fourth-order valence-electron chi connectivity index (χ4n) is 3.40. The molecule has 1 atom stereocenters. The van der Waals surface area contributed by atoms with Crippen LogP contribution in [0, 0.1) is 11.3 Å². The normalized spacial score (nSPS) is 24.5. The lowest BCUT2D eigenvalue weighted by Gasteiger charge is -2.30.